The van der Waals surface area contributed by atoms with E-state index in [9.17, 15) is 9.59 Å². The van der Waals surface area contributed by atoms with Crippen LogP contribution >= 0.6 is 11.6 Å². The Hall–Kier alpha value is -2.91. The van der Waals surface area contributed by atoms with Crippen LogP contribution in [0.3, 0.4) is 0 Å². The highest BCUT2D eigenvalue weighted by Gasteiger charge is 2.27. The molecule has 3 nitrogen and oxygen atoms in total. The van der Waals surface area contributed by atoms with Crippen LogP contribution in [0.25, 0.3) is 11.1 Å². The van der Waals surface area contributed by atoms with Gasteiger partial charge in [0.1, 0.15) is 0 Å². The number of rotatable bonds is 2. The summed E-state index contributed by atoms with van der Waals surface area (Å²) in [7, 11) is 0. The van der Waals surface area contributed by atoms with Crippen molar-refractivity contribution in [1.82, 2.24) is 0 Å². The molecule has 25 heavy (non-hydrogen) atoms. The lowest BCUT2D eigenvalue weighted by Crippen LogP contribution is -2.12. The quantitative estimate of drug-likeness (QED) is 0.547. The van der Waals surface area contributed by atoms with Crippen molar-refractivity contribution in [2.75, 3.05) is 5.32 Å². The molecule has 0 aromatic heterocycles. The Morgan fingerprint density at radius 3 is 2.36 bits per heavy atom. The topological polar surface area (TPSA) is 46.2 Å². The molecule has 1 aliphatic rings. The lowest BCUT2D eigenvalue weighted by atomic mass is 10.0. The molecule has 0 saturated carbocycles. The lowest BCUT2D eigenvalue weighted by molar-refractivity contribution is 0.102. The Kier molecular flexibility index (Phi) is 3.66. The van der Waals surface area contributed by atoms with Gasteiger partial charge in [0.15, 0.2) is 5.78 Å². The van der Waals surface area contributed by atoms with Crippen LogP contribution in [-0.2, 0) is 0 Å². The average Bonchev–Trinajstić information content (AvgIpc) is 2.91. The molecule has 3 aromatic carbocycles. The average molecular weight is 348 g/mol. The van der Waals surface area contributed by atoms with Gasteiger partial charge in [0.2, 0.25) is 0 Å². The van der Waals surface area contributed by atoms with Gasteiger partial charge in [-0.2, -0.15) is 0 Å². The fourth-order valence-electron chi connectivity index (χ4n) is 3.04. The van der Waals surface area contributed by atoms with Crippen molar-refractivity contribution in [3.63, 3.8) is 0 Å². The third kappa shape index (κ3) is 2.63. The standard InChI is InChI=1S/C21H14ClNO2/c1-12-6-8-14(11-19(12)22)23-21(25)13-7-9-16-15-4-2-3-5-17(15)20(24)18(16)10-13/h2-11H,1H3,(H,23,25). The number of fused-ring (bicyclic) bond motifs is 3. The second-order valence-electron chi connectivity index (χ2n) is 6.05. The summed E-state index contributed by atoms with van der Waals surface area (Å²) in [6.45, 7) is 1.90. The first kappa shape index (κ1) is 15.6. The van der Waals surface area contributed by atoms with E-state index < -0.39 is 0 Å². The van der Waals surface area contributed by atoms with Crippen LogP contribution in [0.4, 0.5) is 5.69 Å². The number of benzene rings is 3. The van der Waals surface area contributed by atoms with Gasteiger partial charge in [-0.3, -0.25) is 9.59 Å². The molecule has 0 unspecified atom stereocenters. The van der Waals surface area contributed by atoms with Crippen LogP contribution in [0.5, 0.6) is 0 Å². The Balaban J connectivity index is 1.66. The number of ketones is 1. The van der Waals surface area contributed by atoms with Gasteiger partial charge in [-0.05, 0) is 47.9 Å². The van der Waals surface area contributed by atoms with Crippen molar-refractivity contribution in [3.8, 4) is 11.1 Å². The summed E-state index contributed by atoms with van der Waals surface area (Å²) in [5.74, 6) is -0.315. The van der Waals surface area contributed by atoms with Crippen LogP contribution in [0, 0.1) is 6.92 Å². The van der Waals surface area contributed by atoms with E-state index in [-0.39, 0.29) is 11.7 Å². The molecule has 122 valence electrons. The molecule has 0 bridgehead atoms. The molecule has 4 heteroatoms. The number of nitrogens with one attached hydrogen (secondary N) is 1. The molecule has 0 spiro atoms. The van der Waals surface area contributed by atoms with E-state index in [1.54, 1.807) is 24.3 Å². The number of hydrogen-bond donors (Lipinski definition) is 1. The summed E-state index contributed by atoms with van der Waals surface area (Å²) in [4.78, 5) is 25.1. The van der Waals surface area contributed by atoms with Gasteiger partial charge >= 0.3 is 0 Å². The minimum Gasteiger partial charge on any atom is -0.322 e. The number of carbonyl (C=O) groups excluding carboxylic acids is 2. The van der Waals surface area contributed by atoms with Gasteiger partial charge in [-0.1, -0.05) is 48.0 Å². The summed E-state index contributed by atoms with van der Waals surface area (Å²) in [6, 6.07) is 18.1. The molecule has 0 heterocycles. The van der Waals surface area contributed by atoms with Crippen molar-refractivity contribution >= 4 is 29.0 Å². The van der Waals surface area contributed by atoms with E-state index in [1.165, 1.54) is 0 Å². The zero-order valence-electron chi connectivity index (χ0n) is 13.5. The SMILES string of the molecule is Cc1ccc(NC(=O)c2ccc3c(c2)C(=O)c2ccccc2-3)cc1Cl. The molecule has 1 N–H and O–H groups in total. The number of anilines is 1. The van der Waals surface area contributed by atoms with Crippen molar-refractivity contribution in [2.24, 2.45) is 0 Å². The maximum Gasteiger partial charge on any atom is 0.255 e. The second kappa shape index (κ2) is 5.87. The first-order valence-corrected chi connectivity index (χ1v) is 8.28. The molecule has 0 atom stereocenters. The normalized spacial score (nSPS) is 11.8. The number of aryl methyl sites for hydroxylation is 1. The van der Waals surface area contributed by atoms with Crippen LogP contribution in [0.2, 0.25) is 5.02 Å². The van der Waals surface area contributed by atoms with E-state index in [1.807, 2.05) is 43.3 Å². The lowest BCUT2D eigenvalue weighted by Gasteiger charge is -2.08. The van der Waals surface area contributed by atoms with Crippen LogP contribution in [-0.4, -0.2) is 11.7 Å². The maximum absolute atomic E-state index is 12.6. The van der Waals surface area contributed by atoms with E-state index in [2.05, 4.69) is 5.32 Å². The van der Waals surface area contributed by atoms with Gasteiger partial charge in [0.05, 0.1) is 0 Å². The summed E-state index contributed by atoms with van der Waals surface area (Å²) >= 11 is 6.09. The van der Waals surface area contributed by atoms with Crippen LogP contribution in [0.15, 0.2) is 60.7 Å². The Morgan fingerprint density at radius 2 is 1.60 bits per heavy atom. The van der Waals surface area contributed by atoms with E-state index in [4.69, 9.17) is 11.6 Å². The van der Waals surface area contributed by atoms with E-state index in [0.29, 0.717) is 27.4 Å². The third-order valence-corrected chi connectivity index (χ3v) is 4.83. The molecule has 0 aliphatic heterocycles. The third-order valence-electron chi connectivity index (χ3n) is 4.42. The molecular formula is C21H14ClNO2. The van der Waals surface area contributed by atoms with Gasteiger partial charge in [-0.25, -0.2) is 0 Å². The molecule has 3 aromatic rings. The highest BCUT2D eigenvalue weighted by atomic mass is 35.5. The second-order valence-corrected chi connectivity index (χ2v) is 6.46. The summed E-state index contributed by atoms with van der Waals surface area (Å²) in [5, 5.41) is 3.41. The Morgan fingerprint density at radius 1 is 0.880 bits per heavy atom. The molecule has 0 saturated heterocycles. The first-order chi connectivity index (χ1) is 12.0. The van der Waals surface area contributed by atoms with Gasteiger partial charge in [0.25, 0.3) is 5.91 Å². The van der Waals surface area contributed by atoms with Gasteiger partial charge in [-0.15, -0.1) is 0 Å². The number of halogens is 1. The minimum atomic E-state index is -0.272. The molecule has 1 aliphatic carbocycles. The fraction of sp³-hybridized carbons (Fsp3) is 0.0476. The molecule has 1 amide bonds. The van der Waals surface area contributed by atoms with Gasteiger partial charge in [0, 0.05) is 27.4 Å². The predicted molar refractivity (Wildman–Crippen MR) is 99.5 cm³/mol. The zero-order chi connectivity index (χ0) is 17.6. The largest absolute Gasteiger partial charge is 0.322 e. The maximum atomic E-state index is 12.6. The summed E-state index contributed by atoms with van der Waals surface area (Å²) in [5.41, 5.74) is 5.04. The minimum absolute atomic E-state index is 0.0429. The van der Waals surface area contributed by atoms with Crippen molar-refractivity contribution in [2.45, 2.75) is 6.92 Å². The summed E-state index contributed by atoms with van der Waals surface area (Å²) < 4.78 is 0. The first-order valence-electron chi connectivity index (χ1n) is 7.90. The highest BCUT2D eigenvalue weighted by molar-refractivity contribution is 6.31. The highest BCUT2D eigenvalue weighted by Crippen LogP contribution is 2.36. The number of carbonyl (C=O) groups is 2. The fourth-order valence-corrected chi connectivity index (χ4v) is 3.22. The van der Waals surface area contributed by atoms with Crippen LogP contribution in [0.1, 0.15) is 31.8 Å². The predicted octanol–water partition coefficient (Wildman–Crippen LogP) is 5.11. The Labute approximate surface area is 150 Å². The number of hydrogen-bond acceptors (Lipinski definition) is 2. The molecule has 0 fully saturated rings. The monoisotopic (exact) mass is 347 g/mol. The van der Waals surface area contributed by atoms with Crippen molar-refractivity contribution in [1.29, 1.82) is 0 Å². The van der Waals surface area contributed by atoms with Gasteiger partial charge < -0.3 is 5.32 Å². The molecular weight excluding hydrogens is 334 g/mol. The van der Waals surface area contributed by atoms with E-state index in [0.717, 1.165) is 16.7 Å². The Bertz CT molecular complexity index is 1040. The van der Waals surface area contributed by atoms with Crippen molar-refractivity contribution < 1.29 is 9.59 Å². The zero-order valence-corrected chi connectivity index (χ0v) is 14.2. The summed E-state index contributed by atoms with van der Waals surface area (Å²) in [6.07, 6.45) is 0. The van der Waals surface area contributed by atoms with Crippen LogP contribution < -0.4 is 5.32 Å². The molecule has 0 radical (unpaired) electrons. The van der Waals surface area contributed by atoms with Crippen molar-refractivity contribution in [3.05, 3.63) is 87.9 Å². The number of amides is 1. The van der Waals surface area contributed by atoms with E-state index >= 15 is 0 Å². The molecule has 4 rings (SSSR count). The smallest absolute Gasteiger partial charge is 0.255 e.